The number of ether oxygens (including phenoxy) is 1. The maximum atomic E-state index is 10.1. The van der Waals surface area contributed by atoms with Crippen molar-refractivity contribution in [2.75, 3.05) is 13.2 Å². The van der Waals surface area contributed by atoms with Gasteiger partial charge in [-0.3, -0.25) is 4.79 Å². The summed E-state index contributed by atoms with van der Waals surface area (Å²) in [6.45, 7) is 11.3. The average Bonchev–Trinajstić information content (AvgIpc) is 2.70. The van der Waals surface area contributed by atoms with Gasteiger partial charge < -0.3 is 4.74 Å². The molecule has 0 N–H and O–H groups in total. The Morgan fingerprint density at radius 1 is 1.09 bits per heavy atom. The molecule has 2 rings (SSSR count). The third-order valence-corrected chi connectivity index (χ3v) is 5.14. The van der Waals surface area contributed by atoms with E-state index in [-0.39, 0.29) is 5.41 Å². The van der Waals surface area contributed by atoms with Crippen LogP contribution in [0.3, 0.4) is 0 Å². The Bertz CT molecular complexity index is 587. The summed E-state index contributed by atoms with van der Waals surface area (Å²) in [6, 6.07) is 6.83. The lowest BCUT2D eigenvalue weighted by molar-refractivity contribution is -0.439. The van der Waals surface area contributed by atoms with E-state index in [0.29, 0.717) is 13.1 Å². The van der Waals surface area contributed by atoms with E-state index in [0.717, 1.165) is 19.4 Å². The Labute approximate surface area is 140 Å². The number of hydrogen-bond acceptors (Lipinski definition) is 2. The first-order valence-corrected chi connectivity index (χ1v) is 8.76. The molecule has 1 aliphatic heterocycles. The van der Waals surface area contributed by atoms with Crippen LogP contribution < -0.4 is 0 Å². The van der Waals surface area contributed by atoms with Crippen LogP contribution in [0.15, 0.2) is 18.2 Å². The highest BCUT2D eigenvalue weighted by Crippen LogP contribution is 2.39. The van der Waals surface area contributed by atoms with Crippen molar-refractivity contribution in [1.82, 2.24) is 0 Å². The zero-order valence-corrected chi connectivity index (χ0v) is 15.0. The van der Waals surface area contributed by atoms with Crippen molar-refractivity contribution in [2.45, 2.75) is 65.2 Å². The highest BCUT2D eigenvalue weighted by Gasteiger charge is 2.42. The van der Waals surface area contributed by atoms with E-state index >= 15 is 0 Å². The molecule has 0 atom stereocenters. The molecular weight excluding hydrogens is 286 g/mol. The second-order valence-corrected chi connectivity index (χ2v) is 7.12. The van der Waals surface area contributed by atoms with Gasteiger partial charge in [0.15, 0.2) is 5.71 Å². The fourth-order valence-electron chi connectivity index (χ4n) is 3.42. The summed E-state index contributed by atoms with van der Waals surface area (Å²) in [4.78, 5) is 10.1. The molecule has 3 nitrogen and oxygen atoms in total. The smallest absolute Gasteiger partial charge is 0.293 e. The molecule has 0 spiro atoms. The van der Waals surface area contributed by atoms with Gasteiger partial charge in [-0.15, -0.1) is 0 Å². The molecule has 1 aliphatic rings. The number of aryl methyl sites for hydroxylation is 1. The van der Waals surface area contributed by atoms with E-state index in [2.05, 4.69) is 50.5 Å². The molecule has 23 heavy (non-hydrogen) atoms. The van der Waals surface area contributed by atoms with Crippen LogP contribution in [0, 0.1) is 6.92 Å². The largest absolute Gasteiger partial charge is 0.468 e. The average molecular weight is 316 g/mol. The maximum absolute atomic E-state index is 10.1. The SMILES string of the molecule is CC1=[N+](CCCCCCCOC=O)c2ccc(C)cc2C1(C)C. The second kappa shape index (κ2) is 7.76. The van der Waals surface area contributed by atoms with Crippen molar-refractivity contribution >= 4 is 17.9 Å². The van der Waals surface area contributed by atoms with Crippen LogP contribution in [-0.4, -0.2) is 29.9 Å². The summed E-state index contributed by atoms with van der Waals surface area (Å²) < 4.78 is 7.22. The molecule has 0 saturated heterocycles. The van der Waals surface area contributed by atoms with Gasteiger partial charge in [-0.2, -0.15) is 4.58 Å². The Hall–Kier alpha value is -1.64. The van der Waals surface area contributed by atoms with Gasteiger partial charge in [0.25, 0.3) is 6.47 Å². The number of carbonyl (C=O) groups is 1. The molecule has 0 unspecified atom stereocenters. The Balaban J connectivity index is 1.88. The van der Waals surface area contributed by atoms with E-state index < -0.39 is 0 Å². The van der Waals surface area contributed by atoms with Crippen molar-refractivity contribution < 1.29 is 14.1 Å². The van der Waals surface area contributed by atoms with Crippen LogP contribution in [0.1, 0.15) is 64.0 Å². The molecule has 0 radical (unpaired) electrons. The summed E-state index contributed by atoms with van der Waals surface area (Å²) in [5, 5.41) is 0. The fourth-order valence-corrected chi connectivity index (χ4v) is 3.42. The lowest BCUT2D eigenvalue weighted by Gasteiger charge is -2.15. The van der Waals surface area contributed by atoms with E-state index in [1.54, 1.807) is 0 Å². The molecule has 0 aromatic heterocycles. The van der Waals surface area contributed by atoms with Gasteiger partial charge in [0.05, 0.1) is 12.0 Å². The van der Waals surface area contributed by atoms with Gasteiger partial charge in [0.1, 0.15) is 6.54 Å². The minimum Gasteiger partial charge on any atom is -0.468 e. The zero-order chi connectivity index (χ0) is 16.9. The number of hydrogen-bond donors (Lipinski definition) is 0. The van der Waals surface area contributed by atoms with Crippen molar-refractivity contribution in [2.24, 2.45) is 0 Å². The molecule has 0 amide bonds. The summed E-state index contributed by atoms with van der Waals surface area (Å²) in [5.41, 5.74) is 5.77. The molecule has 1 heterocycles. The van der Waals surface area contributed by atoms with Crippen molar-refractivity contribution in [3.63, 3.8) is 0 Å². The molecule has 0 fully saturated rings. The molecule has 126 valence electrons. The number of benzene rings is 1. The van der Waals surface area contributed by atoms with E-state index in [1.165, 1.54) is 41.8 Å². The first-order chi connectivity index (χ1) is 11.0. The van der Waals surface area contributed by atoms with Crippen molar-refractivity contribution in [1.29, 1.82) is 0 Å². The Kier molecular flexibility index (Phi) is 5.97. The van der Waals surface area contributed by atoms with Gasteiger partial charge >= 0.3 is 0 Å². The lowest BCUT2D eigenvalue weighted by Crippen LogP contribution is -2.26. The molecular formula is C20H30NO2+. The standard InChI is InChI=1S/C20H30NO2/c1-16-10-11-19-18(14-16)20(3,4)17(2)21(19)12-8-6-5-7-9-13-23-15-22/h10-11,14-15H,5-9,12-13H2,1-4H3/q+1. The highest BCUT2D eigenvalue weighted by molar-refractivity contribution is 5.93. The van der Waals surface area contributed by atoms with Crippen molar-refractivity contribution in [3.8, 4) is 0 Å². The van der Waals surface area contributed by atoms with Crippen LogP contribution in [-0.2, 0) is 14.9 Å². The summed E-state index contributed by atoms with van der Waals surface area (Å²) in [7, 11) is 0. The molecule has 3 heteroatoms. The van der Waals surface area contributed by atoms with Gasteiger partial charge in [-0.25, -0.2) is 0 Å². The molecule has 0 aliphatic carbocycles. The van der Waals surface area contributed by atoms with Gasteiger partial charge in [0.2, 0.25) is 5.69 Å². The minimum atomic E-state index is 0.132. The number of rotatable bonds is 9. The topological polar surface area (TPSA) is 29.3 Å². The Morgan fingerprint density at radius 3 is 2.52 bits per heavy atom. The highest BCUT2D eigenvalue weighted by atomic mass is 16.5. The summed E-state index contributed by atoms with van der Waals surface area (Å²) in [5.74, 6) is 0. The number of nitrogens with zero attached hydrogens (tertiary/aromatic N) is 1. The quantitative estimate of drug-likeness (QED) is 0.381. The third-order valence-electron chi connectivity index (χ3n) is 5.14. The second-order valence-electron chi connectivity index (χ2n) is 7.12. The van der Waals surface area contributed by atoms with E-state index in [1.807, 2.05) is 0 Å². The van der Waals surface area contributed by atoms with Gasteiger partial charge in [-0.05, 0) is 39.7 Å². The van der Waals surface area contributed by atoms with Crippen LogP contribution in [0.25, 0.3) is 0 Å². The number of carbonyl (C=O) groups excluding carboxylic acids is 1. The van der Waals surface area contributed by atoms with Gasteiger partial charge in [-0.1, -0.05) is 24.5 Å². The summed E-state index contributed by atoms with van der Waals surface area (Å²) in [6.07, 6.45) is 5.75. The predicted molar refractivity (Wildman–Crippen MR) is 94.8 cm³/mol. The lowest BCUT2D eigenvalue weighted by atomic mass is 9.82. The van der Waals surface area contributed by atoms with Crippen LogP contribution in [0.5, 0.6) is 0 Å². The number of fused-ring (bicyclic) bond motifs is 1. The summed E-state index contributed by atoms with van der Waals surface area (Å²) >= 11 is 0. The molecule has 1 aromatic carbocycles. The van der Waals surface area contributed by atoms with E-state index in [4.69, 9.17) is 4.74 Å². The normalized spacial score (nSPS) is 15.7. The van der Waals surface area contributed by atoms with Crippen LogP contribution in [0.2, 0.25) is 0 Å². The minimum absolute atomic E-state index is 0.132. The molecule has 0 saturated carbocycles. The first kappa shape index (κ1) is 17.7. The molecule has 1 aromatic rings. The fraction of sp³-hybridized carbons (Fsp3) is 0.600. The maximum Gasteiger partial charge on any atom is 0.293 e. The third kappa shape index (κ3) is 4.01. The van der Waals surface area contributed by atoms with Crippen LogP contribution in [0.4, 0.5) is 5.69 Å². The molecule has 0 bridgehead atoms. The Morgan fingerprint density at radius 2 is 1.78 bits per heavy atom. The van der Waals surface area contributed by atoms with Crippen LogP contribution >= 0.6 is 0 Å². The predicted octanol–water partition coefficient (Wildman–Crippen LogP) is 4.51. The zero-order valence-electron chi connectivity index (χ0n) is 15.0. The monoisotopic (exact) mass is 316 g/mol. The van der Waals surface area contributed by atoms with Gasteiger partial charge in [0, 0.05) is 25.0 Å². The first-order valence-electron chi connectivity index (χ1n) is 8.76. The van der Waals surface area contributed by atoms with Crippen molar-refractivity contribution in [3.05, 3.63) is 29.3 Å². The number of unbranched alkanes of at least 4 members (excludes halogenated alkanes) is 4. The van der Waals surface area contributed by atoms with E-state index in [9.17, 15) is 4.79 Å².